The molecule has 0 saturated carbocycles. The fourth-order valence-electron chi connectivity index (χ4n) is 2.98. The normalized spacial score (nSPS) is 14.0. The Morgan fingerprint density at radius 3 is 2.36 bits per heavy atom. The predicted molar refractivity (Wildman–Crippen MR) is 106 cm³/mol. The van der Waals surface area contributed by atoms with Crippen LogP contribution in [0.25, 0.3) is 0 Å². The van der Waals surface area contributed by atoms with Gasteiger partial charge in [0.05, 0.1) is 12.2 Å². The van der Waals surface area contributed by atoms with Gasteiger partial charge >= 0.3 is 6.09 Å². The number of hydrogen-bond donors (Lipinski definition) is 1. The third-order valence-corrected chi connectivity index (χ3v) is 4.63. The predicted octanol–water partition coefficient (Wildman–Crippen LogP) is 2.75. The third kappa shape index (κ3) is 4.57. The second-order valence-corrected chi connectivity index (χ2v) is 6.72. The van der Waals surface area contributed by atoms with E-state index in [1.165, 1.54) is 12.4 Å². The Kier molecular flexibility index (Phi) is 6.08. The molecule has 0 bridgehead atoms. The van der Waals surface area contributed by atoms with Gasteiger partial charge in [-0.05, 0) is 38.0 Å². The van der Waals surface area contributed by atoms with Crippen LogP contribution < -0.4 is 5.32 Å². The minimum atomic E-state index is -0.334. The number of hydrogen-bond acceptors (Lipinski definition) is 6. The lowest BCUT2D eigenvalue weighted by Gasteiger charge is -2.33. The van der Waals surface area contributed by atoms with Gasteiger partial charge in [0.25, 0.3) is 5.91 Å². The van der Waals surface area contributed by atoms with E-state index in [0.717, 1.165) is 16.8 Å². The van der Waals surface area contributed by atoms with Crippen LogP contribution in [0.5, 0.6) is 0 Å². The lowest BCUT2D eigenvalue weighted by molar-refractivity contribution is 0.0570. The van der Waals surface area contributed by atoms with Gasteiger partial charge in [-0.15, -0.1) is 0 Å². The highest BCUT2D eigenvalue weighted by Crippen LogP contribution is 2.19. The zero-order valence-corrected chi connectivity index (χ0v) is 16.4. The van der Waals surface area contributed by atoms with Gasteiger partial charge in [0.2, 0.25) is 5.95 Å². The molecule has 148 valence electrons. The van der Waals surface area contributed by atoms with Crippen molar-refractivity contribution in [1.82, 2.24) is 19.8 Å². The number of amides is 2. The second-order valence-electron chi connectivity index (χ2n) is 6.72. The molecule has 2 amide bonds. The first kappa shape index (κ1) is 19.6. The van der Waals surface area contributed by atoms with Crippen molar-refractivity contribution in [2.24, 2.45) is 0 Å². The second kappa shape index (κ2) is 8.69. The van der Waals surface area contributed by atoms with Gasteiger partial charge in [-0.25, -0.2) is 14.8 Å². The van der Waals surface area contributed by atoms with Gasteiger partial charge in [-0.3, -0.25) is 4.79 Å². The maximum atomic E-state index is 12.7. The van der Waals surface area contributed by atoms with Crippen molar-refractivity contribution >= 4 is 23.6 Å². The van der Waals surface area contributed by atoms with Crippen molar-refractivity contribution < 1.29 is 14.3 Å². The third-order valence-electron chi connectivity index (χ3n) is 4.63. The molecular weight excluding hydrogens is 358 g/mol. The lowest BCUT2D eigenvalue weighted by atomic mass is 10.1. The Bertz CT molecular complexity index is 845. The number of rotatable bonds is 4. The highest BCUT2D eigenvalue weighted by Gasteiger charge is 2.25. The number of carbonyl (C=O) groups excluding carboxylic acids is 2. The molecule has 3 rings (SSSR count). The van der Waals surface area contributed by atoms with Gasteiger partial charge in [0.1, 0.15) is 0 Å². The van der Waals surface area contributed by atoms with Gasteiger partial charge in [-0.2, -0.15) is 0 Å². The molecule has 0 radical (unpaired) electrons. The molecule has 1 aliphatic rings. The van der Waals surface area contributed by atoms with Crippen LogP contribution in [0, 0.1) is 13.8 Å². The lowest BCUT2D eigenvalue weighted by Crippen LogP contribution is -2.50. The van der Waals surface area contributed by atoms with Gasteiger partial charge in [0, 0.05) is 44.3 Å². The maximum Gasteiger partial charge on any atom is 0.409 e. The van der Waals surface area contributed by atoms with Crippen LogP contribution in [-0.2, 0) is 4.74 Å². The number of aryl methyl sites for hydroxylation is 2. The van der Waals surface area contributed by atoms with E-state index in [1.54, 1.807) is 16.7 Å². The fraction of sp³-hybridized carbons (Fsp3) is 0.400. The highest BCUT2D eigenvalue weighted by atomic mass is 16.6. The van der Waals surface area contributed by atoms with Gasteiger partial charge < -0.3 is 19.9 Å². The molecule has 0 atom stereocenters. The van der Waals surface area contributed by atoms with E-state index in [0.29, 0.717) is 44.3 Å². The maximum absolute atomic E-state index is 12.7. The van der Waals surface area contributed by atoms with Crippen molar-refractivity contribution in [3.63, 3.8) is 0 Å². The number of benzene rings is 1. The molecule has 0 spiro atoms. The van der Waals surface area contributed by atoms with E-state index in [1.807, 2.05) is 32.0 Å². The summed E-state index contributed by atoms with van der Waals surface area (Å²) in [5.41, 5.74) is 3.60. The van der Waals surface area contributed by atoms with E-state index >= 15 is 0 Å². The van der Waals surface area contributed by atoms with Crippen molar-refractivity contribution in [1.29, 1.82) is 0 Å². The van der Waals surface area contributed by atoms with Crippen LogP contribution in [0.2, 0.25) is 0 Å². The molecule has 1 aromatic carbocycles. The quantitative estimate of drug-likeness (QED) is 0.873. The summed E-state index contributed by atoms with van der Waals surface area (Å²) >= 11 is 0. The molecule has 28 heavy (non-hydrogen) atoms. The Balaban J connectivity index is 1.60. The van der Waals surface area contributed by atoms with Crippen LogP contribution in [-0.4, -0.2) is 64.6 Å². The monoisotopic (exact) mass is 383 g/mol. The summed E-state index contributed by atoms with van der Waals surface area (Å²) in [5.74, 6) is 0.305. The average Bonchev–Trinajstić information content (AvgIpc) is 2.71. The first-order valence-electron chi connectivity index (χ1n) is 9.35. The Labute approximate surface area is 164 Å². The van der Waals surface area contributed by atoms with Crippen LogP contribution in [0.1, 0.15) is 28.4 Å². The Hall–Kier alpha value is -3.16. The number of aromatic nitrogens is 2. The zero-order chi connectivity index (χ0) is 20.1. The molecule has 1 aromatic heterocycles. The standard InChI is InChI=1S/C20H25N5O3/c1-4-28-20(27)25-9-7-24(8-10-25)18(26)16-12-21-19(22-13-16)23-17-11-14(2)5-6-15(17)3/h5-6,11-13H,4,7-10H2,1-3H3,(H,21,22,23). The number of nitrogens with zero attached hydrogens (tertiary/aromatic N) is 4. The molecule has 2 aromatic rings. The number of carbonyl (C=O) groups is 2. The van der Waals surface area contributed by atoms with Crippen molar-refractivity contribution in [2.45, 2.75) is 20.8 Å². The molecular formula is C20H25N5O3. The number of nitrogens with one attached hydrogen (secondary N) is 1. The molecule has 8 heteroatoms. The summed E-state index contributed by atoms with van der Waals surface area (Å²) in [4.78, 5) is 36.3. The molecule has 2 heterocycles. The average molecular weight is 383 g/mol. The van der Waals surface area contributed by atoms with Crippen molar-refractivity contribution in [3.05, 3.63) is 47.3 Å². The topological polar surface area (TPSA) is 87.7 Å². The molecule has 0 unspecified atom stereocenters. The molecule has 1 saturated heterocycles. The van der Waals surface area contributed by atoms with Crippen LogP contribution in [0.4, 0.5) is 16.4 Å². The summed E-state index contributed by atoms with van der Waals surface area (Å²) in [6.45, 7) is 7.98. The summed E-state index contributed by atoms with van der Waals surface area (Å²) in [6, 6.07) is 6.11. The fourth-order valence-corrected chi connectivity index (χ4v) is 2.98. The molecule has 1 fully saturated rings. The molecule has 8 nitrogen and oxygen atoms in total. The first-order valence-corrected chi connectivity index (χ1v) is 9.35. The van der Waals surface area contributed by atoms with E-state index < -0.39 is 0 Å². The van der Waals surface area contributed by atoms with Crippen LogP contribution in [0.15, 0.2) is 30.6 Å². The SMILES string of the molecule is CCOC(=O)N1CCN(C(=O)c2cnc(Nc3cc(C)ccc3C)nc2)CC1. The van der Waals surface area contributed by atoms with Crippen molar-refractivity contribution in [2.75, 3.05) is 38.1 Å². The van der Waals surface area contributed by atoms with E-state index in [9.17, 15) is 9.59 Å². The number of anilines is 2. The zero-order valence-electron chi connectivity index (χ0n) is 16.4. The summed E-state index contributed by atoms with van der Waals surface area (Å²) < 4.78 is 5.00. The largest absolute Gasteiger partial charge is 0.450 e. The minimum Gasteiger partial charge on any atom is -0.450 e. The highest BCUT2D eigenvalue weighted by molar-refractivity contribution is 5.94. The van der Waals surface area contributed by atoms with E-state index in [-0.39, 0.29) is 12.0 Å². The smallest absolute Gasteiger partial charge is 0.409 e. The molecule has 1 N–H and O–H groups in total. The first-order chi connectivity index (χ1) is 13.5. The minimum absolute atomic E-state index is 0.137. The van der Waals surface area contributed by atoms with Gasteiger partial charge in [-0.1, -0.05) is 12.1 Å². The van der Waals surface area contributed by atoms with E-state index in [4.69, 9.17) is 4.74 Å². The molecule has 0 aliphatic carbocycles. The summed E-state index contributed by atoms with van der Waals surface area (Å²) in [6.07, 6.45) is 2.72. The van der Waals surface area contributed by atoms with Crippen LogP contribution in [0.3, 0.4) is 0 Å². The van der Waals surface area contributed by atoms with E-state index in [2.05, 4.69) is 15.3 Å². The van der Waals surface area contributed by atoms with Crippen molar-refractivity contribution in [3.8, 4) is 0 Å². The Morgan fingerprint density at radius 2 is 1.71 bits per heavy atom. The Morgan fingerprint density at radius 1 is 1.07 bits per heavy atom. The van der Waals surface area contributed by atoms with Gasteiger partial charge in [0.15, 0.2) is 0 Å². The summed E-state index contributed by atoms with van der Waals surface area (Å²) in [7, 11) is 0. The van der Waals surface area contributed by atoms with Crippen LogP contribution >= 0.6 is 0 Å². The number of piperazine rings is 1. The molecule has 1 aliphatic heterocycles. The summed E-state index contributed by atoms with van der Waals surface area (Å²) in [5, 5.41) is 3.18. The number of ether oxygens (including phenoxy) is 1.